The van der Waals surface area contributed by atoms with E-state index in [0.29, 0.717) is 10.8 Å². The molecular formula is C13H9ClN4. The van der Waals surface area contributed by atoms with E-state index in [1.807, 2.05) is 42.6 Å². The lowest BCUT2D eigenvalue weighted by atomic mass is 10.1. The SMILES string of the molecule is Clc1cccc(-c2cnn(-c3cccnn3)c2)c1. The standard InChI is InChI=1S/C13H9ClN4/c14-12-4-1-3-10(7-12)11-8-16-18(9-11)13-5-2-6-15-17-13/h1-9H. The summed E-state index contributed by atoms with van der Waals surface area (Å²) < 4.78 is 1.68. The van der Waals surface area contributed by atoms with Crippen LogP contribution in [0.3, 0.4) is 0 Å². The average molecular weight is 257 g/mol. The number of nitrogens with zero attached hydrogens (tertiary/aromatic N) is 4. The molecule has 88 valence electrons. The van der Waals surface area contributed by atoms with Gasteiger partial charge in [0.05, 0.1) is 6.20 Å². The Balaban J connectivity index is 2.00. The molecule has 2 aromatic heterocycles. The topological polar surface area (TPSA) is 43.6 Å². The molecular weight excluding hydrogens is 248 g/mol. The van der Waals surface area contributed by atoms with Crippen LogP contribution in [0.15, 0.2) is 55.0 Å². The fourth-order valence-corrected chi connectivity index (χ4v) is 1.87. The first-order valence-electron chi connectivity index (χ1n) is 5.41. The highest BCUT2D eigenvalue weighted by molar-refractivity contribution is 6.30. The van der Waals surface area contributed by atoms with Gasteiger partial charge in [-0.25, -0.2) is 4.68 Å². The first-order valence-corrected chi connectivity index (χ1v) is 5.79. The van der Waals surface area contributed by atoms with E-state index in [1.165, 1.54) is 0 Å². The number of hydrogen-bond acceptors (Lipinski definition) is 3. The Bertz CT molecular complexity index is 664. The Kier molecular flexibility index (Phi) is 2.78. The summed E-state index contributed by atoms with van der Waals surface area (Å²) in [6, 6.07) is 11.3. The molecule has 0 fully saturated rings. The van der Waals surface area contributed by atoms with E-state index in [-0.39, 0.29) is 0 Å². The quantitative estimate of drug-likeness (QED) is 0.708. The van der Waals surface area contributed by atoms with Crippen LogP contribution in [-0.4, -0.2) is 20.0 Å². The molecule has 0 aliphatic carbocycles. The lowest BCUT2D eigenvalue weighted by Crippen LogP contribution is -1.97. The van der Waals surface area contributed by atoms with Crippen LogP contribution in [0.2, 0.25) is 5.02 Å². The first-order chi connectivity index (χ1) is 8.83. The largest absolute Gasteiger partial charge is 0.220 e. The molecule has 5 heteroatoms. The number of hydrogen-bond donors (Lipinski definition) is 0. The molecule has 3 rings (SSSR count). The van der Waals surface area contributed by atoms with Crippen LogP contribution in [0.4, 0.5) is 0 Å². The number of aromatic nitrogens is 4. The van der Waals surface area contributed by atoms with Crippen LogP contribution < -0.4 is 0 Å². The van der Waals surface area contributed by atoms with Gasteiger partial charge in [0.25, 0.3) is 0 Å². The molecule has 0 aliphatic rings. The molecule has 0 aliphatic heterocycles. The van der Waals surface area contributed by atoms with Crippen LogP contribution in [0.25, 0.3) is 16.9 Å². The van der Waals surface area contributed by atoms with Crippen molar-refractivity contribution in [3.63, 3.8) is 0 Å². The molecule has 0 spiro atoms. The zero-order valence-corrected chi connectivity index (χ0v) is 10.1. The summed E-state index contributed by atoms with van der Waals surface area (Å²) >= 11 is 5.97. The van der Waals surface area contributed by atoms with Crippen molar-refractivity contribution in [2.75, 3.05) is 0 Å². The Hall–Kier alpha value is -2.20. The second-order valence-corrected chi connectivity index (χ2v) is 4.20. The third kappa shape index (κ3) is 2.10. The molecule has 0 N–H and O–H groups in total. The van der Waals surface area contributed by atoms with E-state index in [0.717, 1.165) is 11.1 Å². The lowest BCUT2D eigenvalue weighted by molar-refractivity contribution is 0.814. The van der Waals surface area contributed by atoms with Crippen molar-refractivity contribution in [3.8, 4) is 16.9 Å². The molecule has 0 bridgehead atoms. The second kappa shape index (κ2) is 4.58. The highest BCUT2D eigenvalue weighted by Gasteiger charge is 2.04. The van der Waals surface area contributed by atoms with Gasteiger partial charge >= 0.3 is 0 Å². The minimum absolute atomic E-state index is 0.686. The van der Waals surface area contributed by atoms with Gasteiger partial charge in [-0.1, -0.05) is 23.7 Å². The van der Waals surface area contributed by atoms with Gasteiger partial charge in [-0.15, -0.1) is 5.10 Å². The van der Waals surface area contributed by atoms with Crippen LogP contribution >= 0.6 is 11.6 Å². The van der Waals surface area contributed by atoms with E-state index in [1.54, 1.807) is 17.1 Å². The van der Waals surface area contributed by atoms with Gasteiger partial charge in [-0.2, -0.15) is 10.2 Å². The van der Waals surface area contributed by atoms with Gasteiger partial charge in [0.2, 0.25) is 0 Å². The molecule has 0 saturated carbocycles. The zero-order valence-electron chi connectivity index (χ0n) is 9.36. The van der Waals surface area contributed by atoms with E-state index >= 15 is 0 Å². The minimum Gasteiger partial charge on any atom is -0.220 e. The summed E-state index contributed by atoms with van der Waals surface area (Å²) in [6.07, 6.45) is 5.31. The van der Waals surface area contributed by atoms with Crippen molar-refractivity contribution in [3.05, 3.63) is 60.0 Å². The lowest BCUT2D eigenvalue weighted by Gasteiger charge is -1.98. The summed E-state index contributed by atoms with van der Waals surface area (Å²) in [7, 11) is 0. The van der Waals surface area contributed by atoms with Crippen molar-refractivity contribution in [1.82, 2.24) is 20.0 Å². The maximum Gasteiger partial charge on any atom is 0.175 e. The fraction of sp³-hybridized carbons (Fsp3) is 0. The molecule has 0 atom stereocenters. The Labute approximate surface area is 109 Å². The van der Waals surface area contributed by atoms with Gasteiger partial charge in [0, 0.05) is 23.0 Å². The molecule has 0 amide bonds. The summed E-state index contributed by atoms with van der Waals surface area (Å²) in [5, 5.41) is 12.8. The van der Waals surface area contributed by atoms with Crippen molar-refractivity contribution in [2.24, 2.45) is 0 Å². The summed E-state index contributed by atoms with van der Waals surface area (Å²) in [4.78, 5) is 0. The summed E-state index contributed by atoms with van der Waals surface area (Å²) in [5.74, 6) is 0.686. The predicted molar refractivity (Wildman–Crippen MR) is 69.6 cm³/mol. The third-order valence-electron chi connectivity index (χ3n) is 2.53. The fourth-order valence-electron chi connectivity index (χ4n) is 1.68. The molecule has 3 aromatic rings. The zero-order chi connectivity index (χ0) is 12.4. The smallest absolute Gasteiger partial charge is 0.175 e. The normalized spacial score (nSPS) is 10.5. The van der Waals surface area contributed by atoms with Gasteiger partial charge in [-0.3, -0.25) is 0 Å². The maximum absolute atomic E-state index is 5.97. The van der Waals surface area contributed by atoms with Crippen molar-refractivity contribution in [1.29, 1.82) is 0 Å². The molecule has 4 nitrogen and oxygen atoms in total. The minimum atomic E-state index is 0.686. The van der Waals surface area contributed by atoms with E-state index in [9.17, 15) is 0 Å². The third-order valence-corrected chi connectivity index (χ3v) is 2.77. The van der Waals surface area contributed by atoms with Crippen LogP contribution in [-0.2, 0) is 0 Å². The highest BCUT2D eigenvalue weighted by Crippen LogP contribution is 2.22. The molecule has 1 aromatic carbocycles. The van der Waals surface area contributed by atoms with Crippen molar-refractivity contribution >= 4 is 11.6 Å². The van der Waals surface area contributed by atoms with E-state index in [2.05, 4.69) is 15.3 Å². The number of benzene rings is 1. The molecule has 0 saturated heterocycles. The Morgan fingerprint density at radius 1 is 1.06 bits per heavy atom. The predicted octanol–water partition coefficient (Wildman–Crippen LogP) is 2.98. The Morgan fingerprint density at radius 3 is 2.78 bits per heavy atom. The summed E-state index contributed by atoms with van der Waals surface area (Å²) in [6.45, 7) is 0. The van der Waals surface area contributed by atoms with Crippen LogP contribution in [0, 0.1) is 0 Å². The van der Waals surface area contributed by atoms with E-state index in [4.69, 9.17) is 11.6 Å². The Morgan fingerprint density at radius 2 is 2.00 bits per heavy atom. The van der Waals surface area contributed by atoms with Crippen LogP contribution in [0.1, 0.15) is 0 Å². The average Bonchev–Trinajstić information content (AvgIpc) is 2.89. The molecule has 0 unspecified atom stereocenters. The van der Waals surface area contributed by atoms with Crippen molar-refractivity contribution < 1.29 is 0 Å². The first kappa shape index (κ1) is 10.9. The monoisotopic (exact) mass is 256 g/mol. The van der Waals surface area contributed by atoms with Crippen molar-refractivity contribution in [2.45, 2.75) is 0 Å². The van der Waals surface area contributed by atoms with Gasteiger partial charge < -0.3 is 0 Å². The van der Waals surface area contributed by atoms with Gasteiger partial charge in [-0.05, 0) is 29.8 Å². The summed E-state index contributed by atoms with van der Waals surface area (Å²) in [5.41, 5.74) is 2.01. The van der Waals surface area contributed by atoms with Crippen LogP contribution in [0.5, 0.6) is 0 Å². The maximum atomic E-state index is 5.97. The number of halogens is 1. The van der Waals surface area contributed by atoms with E-state index < -0.39 is 0 Å². The van der Waals surface area contributed by atoms with Gasteiger partial charge in [0.15, 0.2) is 5.82 Å². The second-order valence-electron chi connectivity index (χ2n) is 3.77. The highest BCUT2D eigenvalue weighted by atomic mass is 35.5. The molecule has 2 heterocycles. The molecule has 18 heavy (non-hydrogen) atoms. The molecule has 0 radical (unpaired) electrons. The number of rotatable bonds is 2. The van der Waals surface area contributed by atoms with Gasteiger partial charge in [0.1, 0.15) is 0 Å².